The summed E-state index contributed by atoms with van der Waals surface area (Å²) in [7, 11) is 0. The summed E-state index contributed by atoms with van der Waals surface area (Å²) in [6.45, 7) is 2.31. The van der Waals surface area contributed by atoms with E-state index in [0.717, 1.165) is 36.4 Å². The molecule has 1 N–H and O–H groups in total. The molecule has 0 radical (unpaired) electrons. The van der Waals surface area contributed by atoms with Gasteiger partial charge in [0, 0.05) is 19.7 Å². The molecule has 0 bridgehead atoms. The molecule has 0 aliphatic carbocycles. The average molecular weight is 271 g/mol. The Morgan fingerprint density at radius 2 is 2.13 bits per heavy atom. The summed E-state index contributed by atoms with van der Waals surface area (Å²) in [6.07, 6.45) is 2.12. The van der Waals surface area contributed by atoms with Gasteiger partial charge in [0.2, 0.25) is 0 Å². The first-order valence-corrected chi connectivity index (χ1v) is 6.07. The lowest BCUT2D eigenvalue weighted by Gasteiger charge is -2.31. The number of piperidine rings is 1. The van der Waals surface area contributed by atoms with Gasteiger partial charge in [-0.2, -0.15) is 0 Å². The fourth-order valence-corrected chi connectivity index (χ4v) is 2.25. The van der Waals surface area contributed by atoms with E-state index >= 15 is 0 Å². The van der Waals surface area contributed by atoms with Gasteiger partial charge < -0.3 is 10.0 Å². The first-order chi connectivity index (χ1) is 7.29. The number of halogens is 1. The molecule has 0 unspecified atom stereocenters. The van der Waals surface area contributed by atoms with Crippen molar-refractivity contribution in [3.05, 3.63) is 22.8 Å². The SMILES string of the molecule is OCC1CCN(c2cccc(Br)n2)CC1. The molecular weight excluding hydrogens is 256 g/mol. The van der Waals surface area contributed by atoms with Crippen molar-refractivity contribution in [2.45, 2.75) is 12.8 Å². The van der Waals surface area contributed by atoms with Crippen molar-refractivity contribution in [3.8, 4) is 0 Å². The zero-order valence-electron chi connectivity index (χ0n) is 8.56. The Balaban J connectivity index is 2.01. The molecule has 0 saturated carbocycles. The monoisotopic (exact) mass is 270 g/mol. The summed E-state index contributed by atoms with van der Waals surface area (Å²) in [6, 6.07) is 5.97. The molecule has 1 aliphatic rings. The summed E-state index contributed by atoms with van der Waals surface area (Å²) in [5, 5.41) is 9.05. The summed E-state index contributed by atoms with van der Waals surface area (Å²) >= 11 is 3.38. The predicted molar refractivity (Wildman–Crippen MR) is 64.0 cm³/mol. The Bertz CT molecular complexity index is 324. The zero-order chi connectivity index (χ0) is 10.7. The number of hydrogen-bond donors (Lipinski definition) is 1. The molecule has 2 heterocycles. The van der Waals surface area contributed by atoms with E-state index in [1.807, 2.05) is 18.2 Å². The second kappa shape index (κ2) is 4.94. The number of nitrogens with zero attached hydrogens (tertiary/aromatic N) is 2. The third kappa shape index (κ3) is 2.69. The second-order valence-electron chi connectivity index (χ2n) is 3.93. The number of aromatic nitrogens is 1. The van der Waals surface area contributed by atoms with Gasteiger partial charge in [0.25, 0.3) is 0 Å². The molecule has 1 fully saturated rings. The Morgan fingerprint density at radius 1 is 1.40 bits per heavy atom. The molecule has 0 atom stereocenters. The Kier molecular flexibility index (Phi) is 3.59. The third-order valence-electron chi connectivity index (χ3n) is 2.90. The zero-order valence-corrected chi connectivity index (χ0v) is 10.2. The molecule has 15 heavy (non-hydrogen) atoms. The van der Waals surface area contributed by atoms with E-state index in [-0.39, 0.29) is 0 Å². The fraction of sp³-hybridized carbons (Fsp3) is 0.545. The fourth-order valence-electron chi connectivity index (χ4n) is 1.92. The minimum atomic E-state index is 0.319. The van der Waals surface area contributed by atoms with Crippen LogP contribution in [0.2, 0.25) is 0 Å². The van der Waals surface area contributed by atoms with Crippen LogP contribution in [-0.4, -0.2) is 29.8 Å². The normalized spacial score (nSPS) is 18.1. The van der Waals surface area contributed by atoms with E-state index in [2.05, 4.69) is 25.8 Å². The molecule has 4 heteroatoms. The van der Waals surface area contributed by atoms with E-state index in [9.17, 15) is 0 Å². The topological polar surface area (TPSA) is 36.4 Å². The maximum atomic E-state index is 9.05. The molecule has 1 aliphatic heterocycles. The maximum Gasteiger partial charge on any atom is 0.129 e. The predicted octanol–water partition coefficient (Wildman–Crippen LogP) is 2.05. The lowest BCUT2D eigenvalue weighted by molar-refractivity contribution is 0.203. The highest BCUT2D eigenvalue weighted by Gasteiger charge is 2.19. The van der Waals surface area contributed by atoms with Crippen LogP contribution in [0.5, 0.6) is 0 Å². The lowest BCUT2D eigenvalue weighted by atomic mass is 9.98. The van der Waals surface area contributed by atoms with Crippen LogP contribution in [0.3, 0.4) is 0 Å². The minimum Gasteiger partial charge on any atom is -0.396 e. The third-order valence-corrected chi connectivity index (χ3v) is 3.34. The van der Waals surface area contributed by atoms with Gasteiger partial charge in [-0.05, 0) is 46.8 Å². The molecule has 82 valence electrons. The van der Waals surface area contributed by atoms with Gasteiger partial charge >= 0.3 is 0 Å². The molecular formula is C11H15BrN2O. The number of rotatable bonds is 2. The van der Waals surface area contributed by atoms with Crippen LogP contribution in [-0.2, 0) is 0 Å². The van der Waals surface area contributed by atoms with Gasteiger partial charge in [0.1, 0.15) is 10.4 Å². The first kappa shape index (κ1) is 10.9. The van der Waals surface area contributed by atoms with Gasteiger partial charge in [-0.25, -0.2) is 4.98 Å². The van der Waals surface area contributed by atoms with Crippen LogP contribution in [0, 0.1) is 5.92 Å². The molecule has 3 nitrogen and oxygen atoms in total. The Morgan fingerprint density at radius 3 is 2.73 bits per heavy atom. The number of pyridine rings is 1. The standard InChI is InChI=1S/C11H15BrN2O/c12-10-2-1-3-11(13-10)14-6-4-9(8-15)5-7-14/h1-3,9,15H,4-8H2. The summed E-state index contributed by atoms with van der Waals surface area (Å²) in [5.74, 6) is 1.51. The Labute approximate surface area is 98.3 Å². The number of aliphatic hydroxyl groups is 1. The molecule has 1 aromatic heterocycles. The second-order valence-corrected chi connectivity index (χ2v) is 4.74. The van der Waals surface area contributed by atoms with E-state index in [1.165, 1.54) is 0 Å². The Hall–Kier alpha value is -0.610. The van der Waals surface area contributed by atoms with Crippen molar-refractivity contribution in [2.75, 3.05) is 24.6 Å². The molecule has 2 rings (SSSR count). The highest BCUT2D eigenvalue weighted by atomic mass is 79.9. The number of hydrogen-bond acceptors (Lipinski definition) is 3. The van der Waals surface area contributed by atoms with E-state index in [0.29, 0.717) is 12.5 Å². The van der Waals surface area contributed by atoms with Crippen molar-refractivity contribution in [3.63, 3.8) is 0 Å². The molecule has 0 amide bonds. The van der Waals surface area contributed by atoms with Gasteiger partial charge in [-0.15, -0.1) is 0 Å². The van der Waals surface area contributed by atoms with Gasteiger partial charge in [-0.3, -0.25) is 0 Å². The smallest absolute Gasteiger partial charge is 0.129 e. The number of anilines is 1. The highest BCUT2D eigenvalue weighted by Crippen LogP contribution is 2.22. The van der Waals surface area contributed by atoms with Crippen LogP contribution >= 0.6 is 15.9 Å². The van der Waals surface area contributed by atoms with E-state index < -0.39 is 0 Å². The van der Waals surface area contributed by atoms with Crippen LogP contribution in [0.25, 0.3) is 0 Å². The van der Waals surface area contributed by atoms with E-state index in [1.54, 1.807) is 0 Å². The quantitative estimate of drug-likeness (QED) is 0.836. The van der Waals surface area contributed by atoms with Crippen molar-refractivity contribution >= 4 is 21.7 Å². The molecule has 0 spiro atoms. The first-order valence-electron chi connectivity index (χ1n) is 5.28. The minimum absolute atomic E-state index is 0.319. The summed E-state index contributed by atoms with van der Waals surface area (Å²) in [4.78, 5) is 6.70. The van der Waals surface area contributed by atoms with Crippen molar-refractivity contribution < 1.29 is 5.11 Å². The van der Waals surface area contributed by atoms with Crippen molar-refractivity contribution in [1.82, 2.24) is 4.98 Å². The van der Waals surface area contributed by atoms with Gasteiger partial charge in [0.15, 0.2) is 0 Å². The number of aliphatic hydroxyl groups excluding tert-OH is 1. The highest BCUT2D eigenvalue weighted by molar-refractivity contribution is 9.10. The van der Waals surface area contributed by atoms with Gasteiger partial charge in [0.05, 0.1) is 0 Å². The van der Waals surface area contributed by atoms with Crippen LogP contribution < -0.4 is 4.90 Å². The molecule has 1 aromatic rings. The van der Waals surface area contributed by atoms with Crippen LogP contribution in [0.1, 0.15) is 12.8 Å². The summed E-state index contributed by atoms with van der Waals surface area (Å²) < 4.78 is 0.879. The van der Waals surface area contributed by atoms with Crippen LogP contribution in [0.15, 0.2) is 22.8 Å². The largest absolute Gasteiger partial charge is 0.396 e. The van der Waals surface area contributed by atoms with E-state index in [4.69, 9.17) is 5.11 Å². The molecule has 1 saturated heterocycles. The average Bonchev–Trinajstić information content (AvgIpc) is 2.29. The summed E-state index contributed by atoms with van der Waals surface area (Å²) in [5.41, 5.74) is 0. The van der Waals surface area contributed by atoms with Crippen molar-refractivity contribution in [1.29, 1.82) is 0 Å². The maximum absolute atomic E-state index is 9.05. The van der Waals surface area contributed by atoms with Crippen LogP contribution in [0.4, 0.5) is 5.82 Å². The lowest BCUT2D eigenvalue weighted by Crippen LogP contribution is -2.35. The van der Waals surface area contributed by atoms with Gasteiger partial charge in [-0.1, -0.05) is 6.07 Å². The molecule has 0 aromatic carbocycles. The van der Waals surface area contributed by atoms with Crippen molar-refractivity contribution in [2.24, 2.45) is 5.92 Å².